The van der Waals surface area contributed by atoms with E-state index in [1.54, 1.807) is 13.8 Å². The Labute approximate surface area is 208 Å². The van der Waals surface area contributed by atoms with E-state index in [1.165, 1.54) is 47.4 Å². The van der Waals surface area contributed by atoms with Crippen LogP contribution < -0.4 is 5.32 Å². The number of anilines is 1. The Bertz CT molecular complexity index is 1480. The van der Waals surface area contributed by atoms with Crippen LogP contribution in [-0.4, -0.2) is 37.9 Å². The number of aliphatic hydroxyl groups is 1. The van der Waals surface area contributed by atoms with Gasteiger partial charge in [-0.25, -0.2) is 4.39 Å². The molecule has 7 nitrogen and oxygen atoms in total. The molecule has 0 unspecified atom stereocenters. The number of ketones is 1. The molecule has 0 aliphatic carbocycles. The fourth-order valence-electron chi connectivity index (χ4n) is 3.97. The quantitative estimate of drug-likeness (QED) is 0.275. The number of pyridine rings is 2. The fourth-order valence-corrected chi connectivity index (χ4v) is 3.97. The van der Waals surface area contributed by atoms with Gasteiger partial charge in [-0.2, -0.15) is 13.2 Å². The largest absolute Gasteiger partial charge is 0.416 e. The normalized spacial score (nSPS) is 12.1. The van der Waals surface area contributed by atoms with Crippen molar-refractivity contribution in [1.82, 2.24) is 14.5 Å². The zero-order chi connectivity index (χ0) is 27.0. The second kappa shape index (κ2) is 9.74. The molecule has 37 heavy (non-hydrogen) atoms. The number of benzene rings is 1. The third-order valence-corrected chi connectivity index (χ3v) is 5.81. The highest BCUT2D eigenvalue weighted by molar-refractivity contribution is 6.11. The van der Waals surface area contributed by atoms with Gasteiger partial charge >= 0.3 is 6.18 Å². The summed E-state index contributed by atoms with van der Waals surface area (Å²) in [5.74, 6) is -1.70. The molecule has 1 aromatic carbocycles. The van der Waals surface area contributed by atoms with E-state index in [1.807, 2.05) is 0 Å². The van der Waals surface area contributed by atoms with Crippen molar-refractivity contribution in [3.8, 4) is 0 Å². The Kier molecular flexibility index (Phi) is 6.83. The molecule has 2 N–H and O–H groups in total. The maximum absolute atomic E-state index is 14.7. The number of aliphatic hydroxyl groups excluding tert-OH is 1. The Balaban J connectivity index is 1.59. The summed E-state index contributed by atoms with van der Waals surface area (Å²) >= 11 is 0. The number of fused-ring (bicyclic) bond motifs is 1. The lowest BCUT2D eigenvalue weighted by atomic mass is 10.0. The van der Waals surface area contributed by atoms with Gasteiger partial charge in [-0.3, -0.25) is 19.6 Å². The van der Waals surface area contributed by atoms with Crippen LogP contribution in [0.3, 0.4) is 0 Å². The maximum atomic E-state index is 14.7. The molecule has 0 bridgehead atoms. The summed E-state index contributed by atoms with van der Waals surface area (Å²) < 4.78 is 54.3. The third kappa shape index (κ3) is 5.36. The number of carbonyl (C=O) groups is 2. The predicted octanol–water partition coefficient (Wildman–Crippen LogP) is 4.73. The molecule has 0 aliphatic heterocycles. The summed E-state index contributed by atoms with van der Waals surface area (Å²) in [5, 5.41) is 12.9. The van der Waals surface area contributed by atoms with Gasteiger partial charge in [0.05, 0.1) is 53.4 Å². The summed E-state index contributed by atoms with van der Waals surface area (Å²) in [6, 6.07) is 7.10. The van der Waals surface area contributed by atoms with Gasteiger partial charge in [-0.1, -0.05) is 12.1 Å². The lowest BCUT2D eigenvalue weighted by molar-refractivity contribution is -0.137. The number of alkyl halides is 3. The van der Waals surface area contributed by atoms with E-state index in [-0.39, 0.29) is 35.5 Å². The number of hydrogen-bond donors (Lipinski definition) is 2. The fraction of sp³-hybridized carbons (Fsp3) is 0.231. The molecule has 4 aromatic rings. The number of nitrogens with one attached hydrogen (secondary N) is 1. The molecule has 0 saturated carbocycles. The van der Waals surface area contributed by atoms with Crippen molar-refractivity contribution < 1.29 is 32.3 Å². The van der Waals surface area contributed by atoms with Gasteiger partial charge in [0.1, 0.15) is 0 Å². The Hall–Kier alpha value is -4.12. The monoisotopic (exact) mass is 514 g/mol. The predicted molar refractivity (Wildman–Crippen MR) is 128 cm³/mol. The van der Waals surface area contributed by atoms with E-state index in [0.717, 1.165) is 18.3 Å². The third-order valence-electron chi connectivity index (χ3n) is 5.81. The number of halogens is 4. The number of nitrogens with zero attached hydrogens (tertiary/aromatic N) is 3. The maximum Gasteiger partial charge on any atom is 0.416 e. The highest BCUT2D eigenvalue weighted by Gasteiger charge is 2.31. The second-order valence-corrected chi connectivity index (χ2v) is 9.11. The van der Waals surface area contributed by atoms with Gasteiger partial charge in [0, 0.05) is 23.3 Å². The summed E-state index contributed by atoms with van der Waals surface area (Å²) in [6.07, 6.45) is 0.375. The first-order valence-corrected chi connectivity index (χ1v) is 11.1. The molecule has 0 saturated heterocycles. The van der Waals surface area contributed by atoms with Gasteiger partial charge in [-0.05, 0) is 43.7 Å². The van der Waals surface area contributed by atoms with Crippen molar-refractivity contribution in [2.24, 2.45) is 0 Å². The van der Waals surface area contributed by atoms with Crippen LogP contribution in [-0.2, 0) is 22.9 Å². The van der Waals surface area contributed by atoms with E-state index >= 15 is 0 Å². The number of carbonyl (C=O) groups excluding carboxylic acids is 2. The Morgan fingerprint density at radius 3 is 2.32 bits per heavy atom. The second-order valence-electron chi connectivity index (χ2n) is 9.11. The Morgan fingerprint density at radius 2 is 1.68 bits per heavy atom. The topological polar surface area (TPSA) is 97.1 Å². The highest BCUT2D eigenvalue weighted by Crippen LogP contribution is 2.31. The zero-order valence-corrected chi connectivity index (χ0v) is 19.8. The molecule has 0 radical (unpaired) electrons. The standard InChI is InChI=1S/C26H22F4N4O3/c1-25(2,14-35)34-21(9-16-10-32-13-20(27)23(16)34)24(37)17-8-19(12-31-11-17)33-22(36)7-15-3-5-18(6-4-15)26(28,29)30/h3-6,8-13,35H,7,14H2,1-2H3,(H,33,36). The van der Waals surface area contributed by atoms with Crippen molar-refractivity contribution in [3.63, 3.8) is 0 Å². The van der Waals surface area contributed by atoms with Crippen LogP contribution in [0.15, 0.2) is 61.2 Å². The van der Waals surface area contributed by atoms with Crippen LogP contribution in [0.2, 0.25) is 0 Å². The summed E-state index contributed by atoms with van der Waals surface area (Å²) in [4.78, 5) is 33.8. The molecule has 3 heterocycles. The summed E-state index contributed by atoms with van der Waals surface area (Å²) in [6.45, 7) is 2.93. The molecule has 0 atom stereocenters. The average Bonchev–Trinajstić information content (AvgIpc) is 3.25. The van der Waals surface area contributed by atoms with Crippen molar-refractivity contribution in [2.75, 3.05) is 11.9 Å². The Morgan fingerprint density at radius 1 is 1.00 bits per heavy atom. The lowest BCUT2D eigenvalue weighted by Crippen LogP contribution is -2.33. The minimum atomic E-state index is -4.47. The molecule has 1 amide bonds. The summed E-state index contributed by atoms with van der Waals surface area (Å²) in [5.41, 5.74) is -0.974. The number of aromatic nitrogens is 3. The minimum absolute atomic E-state index is 0.0935. The van der Waals surface area contributed by atoms with Gasteiger partial charge in [0.15, 0.2) is 5.82 Å². The van der Waals surface area contributed by atoms with Gasteiger partial charge < -0.3 is 15.0 Å². The minimum Gasteiger partial charge on any atom is -0.394 e. The van der Waals surface area contributed by atoms with E-state index < -0.39 is 34.8 Å². The van der Waals surface area contributed by atoms with Gasteiger partial charge in [0.2, 0.25) is 11.7 Å². The SMILES string of the molecule is CC(C)(CO)n1c(C(=O)c2cncc(NC(=O)Cc3ccc(C(F)(F)F)cc3)c2)cc2cncc(F)c21. The highest BCUT2D eigenvalue weighted by atomic mass is 19.4. The summed E-state index contributed by atoms with van der Waals surface area (Å²) in [7, 11) is 0. The molecule has 0 spiro atoms. The van der Waals surface area contributed by atoms with Gasteiger partial charge in [-0.15, -0.1) is 0 Å². The van der Waals surface area contributed by atoms with E-state index in [0.29, 0.717) is 10.9 Å². The lowest BCUT2D eigenvalue weighted by Gasteiger charge is -2.28. The number of amides is 1. The van der Waals surface area contributed by atoms with Crippen molar-refractivity contribution in [2.45, 2.75) is 32.0 Å². The molecular weight excluding hydrogens is 492 g/mol. The first-order valence-electron chi connectivity index (χ1n) is 11.1. The number of rotatable bonds is 7. The van der Waals surface area contributed by atoms with E-state index in [9.17, 15) is 32.3 Å². The van der Waals surface area contributed by atoms with Crippen LogP contribution in [0.5, 0.6) is 0 Å². The first-order chi connectivity index (χ1) is 17.4. The molecule has 3 aromatic heterocycles. The van der Waals surface area contributed by atoms with Crippen LogP contribution in [0.1, 0.15) is 41.0 Å². The number of hydrogen-bond acceptors (Lipinski definition) is 5. The van der Waals surface area contributed by atoms with Crippen molar-refractivity contribution in [1.29, 1.82) is 0 Å². The van der Waals surface area contributed by atoms with Crippen LogP contribution >= 0.6 is 0 Å². The molecular formula is C26H22F4N4O3. The van der Waals surface area contributed by atoms with Crippen molar-refractivity contribution >= 4 is 28.3 Å². The molecule has 4 rings (SSSR count). The molecule has 11 heteroatoms. The van der Waals surface area contributed by atoms with E-state index in [2.05, 4.69) is 15.3 Å². The van der Waals surface area contributed by atoms with Crippen molar-refractivity contribution in [3.05, 3.63) is 89.4 Å². The van der Waals surface area contributed by atoms with Crippen LogP contribution in [0.25, 0.3) is 10.9 Å². The first kappa shape index (κ1) is 26.0. The van der Waals surface area contributed by atoms with Crippen LogP contribution in [0, 0.1) is 5.82 Å². The molecule has 0 fully saturated rings. The zero-order valence-electron chi connectivity index (χ0n) is 19.8. The van der Waals surface area contributed by atoms with E-state index in [4.69, 9.17) is 0 Å². The molecule has 192 valence electrons. The smallest absolute Gasteiger partial charge is 0.394 e. The molecule has 0 aliphatic rings. The van der Waals surface area contributed by atoms with Crippen LogP contribution in [0.4, 0.5) is 23.2 Å². The van der Waals surface area contributed by atoms with Gasteiger partial charge in [0.25, 0.3) is 0 Å². The average molecular weight is 514 g/mol.